The minimum Gasteiger partial charge on any atom is -0.322 e. The summed E-state index contributed by atoms with van der Waals surface area (Å²) in [5.41, 5.74) is 0.00813. The van der Waals surface area contributed by atoms with Crippen LogP contribution in [0.5, 0.6) is 0 Å². The molecule has 0 unspecified atom stereocenters. The van der Waals surface area contributed by atoms with Crippen LogP contribution < -0.4 is 5.32 Å². The molecular weight excluding hydrogens is 358 g/mol. The number of amides is 1. The van der Waals surface area contributed by atoms with E-state index in [0.29, 0.717) is 27.3 Å². The second kappa shape index (κ2) is 5.85. The lowest BCUT2D eigenvalue weighted by atomic mass is 10.2. The molecule has 104 valence electrons. The number of anilines is 1. The normalized spacial score (nSPS) is 10.4. The van der Waals surface area contributed by atoms with E-state index in [1.54, 1.807) is 12.1 Å². The van der Waals surface area contributed by atoms with Gasteiger partial charge in [0.15, 0.2) is 17.5 Å². The van der Waals surface area contributed by atoms with Gasteiger partial charge in [0.05, 0.1) is 5.02 Å². The topological polar surface area (TPSA) is 29.1 Å². The van der Waals surface area contributed by atoms with Gasteiger partial charge in [0.1, 0.15) is 0 Å². The van der Waals surface area contributed by atoms with E-state index in [4.69, 9.17) is 11.6 Å². The van der Waals surface area contributed by atoms with Gasteiger partial charge in [0, 0.05) is 15.7 Å². The summed E-state index contributed by atoms with van der Waals surface area (Å²) in [4.78, 5) is 11.8. The van der Waals surface area contributed by atoms with E-state index in [1.807, 2.05) is 0 Å². The van der Waals surface area contributed by atoms with E-state index >= 15 is 0 Å². The fourth-order valence-corrected chi connectivity index (χ4v) is 1.89. The van der Waals surface area contributed by atoms with Crippen LogP contribution in [0, 0.1) is 17.5 Å². The standard InChI is InChI=1S/C13H6BrClF3NO/c14-8-2-1-7(5-9(8)15)19-13(20)6-3-10(16)12(18)11(17)4-6/h1-5H,(H,19,20). The van der Waals surface area contributed by atoms with Crippen molar-refractivity contribution in [2.24, 2.45) is 0 Å². The molecule has 2 nitrogen and oxygen atoms in total. The molecule has 7 heteroatoms. The highest BCUT2D eigenvalue weighted by Gasteiger charge is 2.15. The molecule has 2 rings (SSSR count). The highest BCUT2D eigenvalue weighted by atomic mass is 79.9. The molecule has 0 saturated heterocycles. The zero-order valence-electron chi connectivity index (χ0n) is 9.68. The molecule has 1 N–H and O–H groups in total. The summed E-state index contributed by atoms with van der Waals surface area (Å²) in [5, 5.41) is 2.76. The smallest absolute Gasteiger partial charge is 0.255 e. The first-order valence-electron chi connectivity index (χ1n) is 5.29. The Labute approximate surface area is 125 Å². The third kappa shape index (κ3) is 3.13. The van der Waals surface area contributed by atoms with Gasteiger partial charge in [-0.15, -0.1) is 0 Å². The maximum atomic E-state index is 13.0. The summed E-state index contributed by atoms with van der Waals surface area (Å²) in [6.07, 6.45) is 0. The van der Waals surface area contributed by atoms with Crippen molar-refractivity contribution < 1.29 is 18.0 Å². The van der Waals surface area contributed by atoms with Crippen LogP contribution in [-0.4, -0.2) is 5.91 Å². The molecule has 2 aromatic carbocycles. The number of benzene rings is 2. The van der Waals surface area contributed by atoms with E-state index in [-0.39, 0.29) is 5.56 Å². The molecule has 0 aliphatic rings. The van der Waals surface area contributed by atoms with Crippen LogP contribution in [0.25, 0.3) is 0 Å². The summed E-state index contributed by atoms with van der Waals surface area (Å²) >= 11 is 9.03. The number of rotatable bonds is 2. The molecule has 2 aromatic rings. The summed E-state index contributed by atoms with van der Waals surface area (Å²) in [6, 6.07) is 5.84. The summed E-state index contributed by atoms with van der Waals surface area (Å²) in [6.45, 7) is 0. The van der Waals surface area contributed by atoms with Gasteiger partial charge >= 0.3 is 0 Å². The lowest BCUT2D eigenvalue weighted by Crippen LogP contribution is -2.13. The second-order valence-electron chi connectivity index (χ2n) is 3.84. The van der Waals surface area contributed by atoms with Crippen molar-refractivity contribution in [3.8, 4) is 0 Å². The van der Waals surface area contributed by atoms with E-state index in [1.165, 1.54) is 6.07 Å². The van der Waals surface area contributed by atoms with Crippen LogP contribution in [0.15, 0.2) is 34.8 Å². The fraction of sp³-hybridized carbons (Fsp3) is 0. The van der Waals surface area contributed by atoms with Gasteiger partial charge in [-0.25, -0.2) is 13.2 Å². The number of halogens is 5. The summed E-state index contributed by atoms with van der Waals surface area (Å²) in [5.74, 6) is -5.25. The van der Waals surface area contributed by atoms with Crippen molar-refractivity contribution in [3.05, 3.63) is 62.8 Å². The van der Waals surface area contributed by atoms with Gasteiger partial charge in [-0.1, -0.05) is 11.6 Å². The van der Waals surface area contributed by atoms with Crippen molar-refractivity contribution in [1.29, 1.82) is 0 Å². The average Bonchev–Trinajstić information content (AvgIpc) is 2.39. The first-order chi connectivity index (χ1) is 9.38. The molecule has 0 aliphatic carbocycles. The quantitative estimate of drug-likeness (QED) is 0.764. The number of hydrogen-bond acceptors (Lipinski definition) is 1. The monoisotopic (exact) mass is 363 g/mol. The summed E-state index contributed by atoms with van der Waals surface area (Å²) < 4.78 is 39.5. The van der Waals surface area contributed by atoms with Gasteiger partial charge in [0.25, 0.3) is 5.91 Å². The Morgan fingerprint density at radius 3 is 2.25 bits per heavy atom. The predicted octanol–water partition coefficient (Wildman–Crippen LogP) is 4.77. The SMILES string of the molecule is O=C(Nc1ccc(Br)c(Cl)c1)c1cc(F)c(F)c(F)c1. The van der Waals surface area contributed by atoms with Crippen molar-refractivity contribution in [3.63, 3.8) is 0 Å². The van der Waals surface area contributed by atoms with Gasteiger partial charge < -0.3 is 5.32 Å². The Bertz CT molecular complexity index is 670. The molecule has 0 heterocycles. The van der Waals surface area contributed by atoms with E-state index in [2.05, 4.69) is 21.2 Å². The fourth-order valence-electron chi connectivity index (χ4n) is 1.46. The van der Waals surface area contributed by atoms with Gasteiger partial charge in [-0.05, 0) is 46.3 Å². The minimum absolute atomic E-state index is 0.333. The van der Waals surface area contributed by atoms with Crippen molar-refractivity contribution in [2.75, 3.05) is 5.32 Å². The van der Waals surface area contributed by atoms with E-state index < -0.39 is 23.4 Å². The zero-order chi connectivity index (χ0) is 14.9. The van der Waals surface area contributed by atoms with Crippen molar-refractivity contribution >= 4 is 39.1 Å². The van der Waals surface area contributed by atoms with Crippen LogP contribution in [0.4, 0.5) is 18.9 Å². The highest BCUT2D eigenvalue weighted by Crippen LogP contribution is 2.26. The third-order valence-electron chi connectivity index (χ3n) is 2.42. The predicted molar refractivity (Wildman–Crippen MR) is 73.4 cm³/mol. The molecule has 0 fully saturated rings. The number of hydrogen-bond donors (Lipinski definition) is 1. The van der Waals surface area contributed by atoms with Crippen LogP contribution in [0.3, 0.4) is 0 Å². The summed E-state index contributed by atoms with van der Waals surface area (Å²) in [7, 11) is 0. The lowest BCUT2D eigenvalue weighted by molar-refractivity contribution is 0.102. The molecule has 0 spiro atoms. The van der Waals surface area contributed by atoms with Gasteiger partial charge in [0.2, 0.25) is 0 Å². The number of carbonyl (C=O) groups excluding carboxylic acids is 1. The maximum Gasteiger partial charge on any atom is 0.255 e. The molecule has 20 heavy (non-hydrogen) atoms. The largest absolute Gasteiger partial charge is 0.322 e. The Morgan fingerprint density at radius 2 is 1.70 bits per heavy atom. The highest BCUT2D eigenvalue weighted by molar-refractivity contribution is 9.10. The molecular formula is C13H6BrClF3NO. The Morgan fingerprint density at radius 1 is 1.10 bits per heavy atom. The Balaban J connectivity index is 2.26. The molecule has 0 aliphatic heterocycles. The minimum atomic E-state index is -1.62. The van der Waals surface area contributed by atoms with Crippen LogP contribution in [0.2, 0.25) is 5.02 Å². The van der Waals surface area contributed by atoms with Crippen LogP contribution >= 0.6 is 27.5 Å². The molecule has 1 amide bonds. The van der Waals surface area contributed by atoms with Crippen molar-refractivity contribution in [1.82, 2.24) is 0 Å². The van der Waals surface area contributed by atoms with Crippen LogP contribution in [0.1, 0.15) is 10.4 Å². The van der Waals surface area contributed by atoms with Crippen LogP contribution in [-0.2, 0) is 0 Å². The third-order valence-corrected chi connectivity index (χ3v) is 3.66. The van der Waals surface area contributed by atoms with E-state index in [0.717, 1.165) is 0 Å². The zero-order valence-corrected chi connectivity index (χ0v) is 12.0. The van der Waals surface area contributed by atoms with Crippen molar-refractivity contribution in [2.45, 2.75) is 0 Å². The average molecular weight is 365 g/mol. The Hall–Kier alpha value is -1.53. The lowest BCUT2D eigenvalue weighted by Gasteiger charge is -2.07. The first kappa shape index (κ1) is 14.9. The molecule has 0 radical (unpaired) electrons. The van der Waals surface area contributed by atoms with Gasteiger partial charge in [-0.3, -0.25) is 4.79 Å². The second-order valence-corrected chi connectivity index (χ2v) is 5.10. The maximum absolute atomic E-state index is 13.0. The Kier molecular flexibility index (Phi) is 4.35. The van der Waals surface area contributed by atoms with E-state index in [9.17, 15) is 18.0 Å². The molecule has 0 aromatic heterocycles. The number of nitrogens with one attached hydrogen (secondary N) is 1. The van der Waals surface area contributed by atoms with Gasteiger partial charge in [-0.2, -0.15) is 0 Å². The molecule has 0 atom stereocenters. The number of carbonyl (C=O) groups is 1. The first-order valence-corrected chi connectivity index (χ1v) is 6.46. The molecule has 0 saturated carbocycles. The molecule has 0 bridgehead atoms.